The Hall–Kier alpha value is -2.37. The number of alkyl halides is 1. The van der Waals surface area contributed by atoms with Crippen molar-refractivity contribution in [1.29, 1.82) is 0 Å². The number of hydrogen-bond acceptors (Lipinski definition) is 5. The van der Waals surface area contributed by atoms with Crippen LogP contribution in [0.15, 0.2) is 52.9 Å². The highest BCUT2D eigenvalue weighted by molar-refractivity contribution is 6.18. The second-order valence-electron chi connectivity index (χ2n) is 5.55. The molecule has 0 fully saturated rings. The van der Waals surface area contributed by atoms with E-state index in [0.29, 0.717) is 18.3 Å². The van der Waals surface area contributed by atoms with Gasteiger partial charge in [0.15, 0.2) is 0 Å². The number of hydrogen-bond donors (Lipinski definition) is 2. The summed E-state index contributed by atoms with van der Waals surface area (Å²) in [4.78, 5) is 0. The Morgan fingerprint density at radius 1 is 1.08 bits per heavy atom. The van der Waals surface area contributed by atoms with Crippen LogP contribution in [0.2, 0.25) is 0 Å². The molecule has 6 heteroatoms. The van der Waals surface area contributed by atoms with Gasteiger partial charge in [-0.25, -0.2) is 0 Å². The number of benzene rings is 2. The maximum Gasteiger partial charge on any atom is 0.248 e. The first-order valence-electron chi connectivity index (χ1n) is 7.64. The Kier molecular flexibility index (Phi) is 5.13. The van der Waals surface area contributed by atoms with E-state index in [1.807, 2.05) is 55.5 Å². The molecule has 24 heavy (non-hydrogen) atoms. The molecule has 1 unspecified atom stereocenters. The predicted octanol–water partition coefficient (Wildman–Crippen LogP) is 3.72. The molecule has 124 valence electrons. The molecule has 3 aromatic rings. The number of aliphatic hydroxyl groups is 1. The molecular weight excluding hydrogens is 326 g/mol. The number of nitrogens with one attached hydrogen (secondary N) is 1. The minimum atomic E-state index is -0.591. The van der Waals surface area contributed by atoms with Gasteiger partial charge in [-0.05, 0) is 37.3 Å². The Morgan fingerprint density at radius 3 is 2.50 bits per heavy atom. The average molecular weight is 344 g/mol. The van der Waals surface area contributed by atoms with Gasteiger partial charge in [0.25, 0.3) is 0 Å². The molecule has 2 aromatic carbocycles. The van der Waals surface area contributed by atoms with Gasteiger partial charge < -0.3 is 14.8 Å². The molecule has 0 spiro atoms. The van der Waals surface area contributed by atoms with E-state index in [9.17, 15) is 5.11 Å². The van der Waals surface area contributed by atoms with Crippen molar-refractivity contribution in [3.63, 3.8) is 0 Å². The quantitative estimate of drug-likeness (QED) is 0.667. The van der Waals surface area contributed by atoms with Crippen molar-refractivity contribution in [2.75, 3.05) is 17.7 Å². The van der Waals surface area contributed by atoms with Gasteiger partial charge in [0, 0.05) is 23.4 Å². The lowest BCUT2D eigenvalue weighted by Gasteiger charge is -2.10. The molecule has 1 heterocycles. The summed E-state index contributed by atoms with van der Waals surface area (Å²) >= 11 is 5.59. The number of aliphatic hydroxyl groups excluding tert-OH is 1. The Labute approximate surface area is 145 Å². The standard InChI is InChI=1S/C18H18ClN3O2/c1-12-5-7-13(8-6-12)17-21-22-18(24-17)14-3-2-4-15(9-14)20-11-16(23)10-19/h2-9,16,20,23H,10-11H2,1H3. The first-order valence-corrected chi connectivity index (χ1v) is 8.18. The SMILES string of the molecule is Cc1ccc(-c2nnc(-c3cccc(NCC(O)CCl)c3)o2)cc1. The smallest absolute Gasteiger partial charge is 0.248 e. The summed E-state index contributed by atoms with van der Waals surface area (Å²) in [5, 5.41) is 20.9. The van der Waals surface area contributed by atoms with E-state index >= 15 is 0 Å². The highest BCUT2D eigenvalue weighted by Crippen LogP contribution is 2.25. The number of aromatic nitrogens is 2. The molecule has 2 N–H and O–H groups in total. The van der Waals surface area contributed by atoms with Gasteiger partial charge >= 0.3 is 0 Å². The molecule has 0 radical (unpaired) electrons. The van der Waals surface area contributed by atoms with E-state index in [2.05, 4.69) is 15.5 Å². The zero-order chi connectivity index (χ0) is 16.9. The zero-order valence-electron chi connectivity index (χ0n) is 13.2. The van der Waals surface area contributed by atoms with Crippen LogP contribution in [0.25, 0.3) is 22.9 Å². The van der Waals surface area contributed by atoms with Crippen LogP contribution in [0.4, 0.5) is 5.69 Å². The van der Waals surface area contributed by atoms with E-state index in [1.54, 1.807) is 0 Å². The highest BCUT2D eigenvalue weighted by Gasteiger charge is 2.11. The monoisotopic (exact) mass is 343 g/mol. The lowest BCUT2D eigenvalue weighted by Crippen LogP contribution is -2.20. The largest absolute Gasteiger partial charge is 0.416 e. The number of nitrogens with zero attached hydrogens (tertiary/aromatic N) is 2. The molecule has 5 nitrogen and oxygen atoms in total. The summed E-state index contributed by atoms with van der Waals surface area (Å²) in [5.41, 5.74) is 3.73. The lowest BCUT2D eigenvalue weighted by atomic mass is 10.1. The number of anilines is 1. The Balaban J connectivity index is 1.78. The first-order chi connectivity index (χ1) is 11.7. The fourth-order valence-corrected chi connectivity index (χ4v) is 2.31. The molecule has 1 aromatic heterocycles. The third-order valence-electron chi connectivity index (χ3n) is 3.55. The molecule has 0 aliphatic carbocycles. The molecule has 0 bridgehead atoms. The molecule has 0 saturated heterocycles. The van der Waals surface area contributed by atoms with Crippen molar-refractivity contribution in [1.82, 2.24) is 10.2 Å². The minimum Gasteiger partial charge on any atom is -0.416 e. The van der Waals surface area contributed by atoms with Crippen LogP contribution >= 0.6 is 11.6 Å². The third kappa shape index (κ3) is 3.93. The summed E-state index contributed by atoms with van der Waals surface area (Å²) < 4.78 is 5.78. The van der Waals surface area contributed by atoms with Crippen LogP contribution in [0.1, 0.15) is 5.56 Å². The highest BCUT2D eigenvalue weighted by atomic mass is 35.5. The van der Waals surface area contributed by atoms with Gasteiger partial charge in [0.1, 0.15) is 0 Å². The molecule has 0 amide bonds. The molecule has 0 aliphatic heterocycles. The van der Waals surface area contributed by atoms with Crippen LogP contribution in [-0.4, -0.2) is 33.8 Å². The minimum absolute atomic E-state index is 0.191. The summed E-state index contributed by atoms with van der Waals surface area (Å²) in [5.74, 6) is 1.13. The number of halogens is 1. The van der Waals surface area contributed by atoms with Crippen LogP contribution in [-0.2, 0) is 0 Å². The van der Waals surface area contributed by atoms with Crippen molar-refractivity contribution < 1.29 is 9.52 Å². The van der Waals surface area contributed by atoms with Gasteiger partial charge in [-0.15, -0.1) is 21.8 Å². The number of rotatable bonds is 6. The molecule has 0 saturated carbocycles. The number of aryl methyl sites for hydroxylation is 1. The van der Waals surface area contributed by atoms with Gasteiger partial charge in [0.05, 0.1) is 12.0 Å². The van der Waals surface area contributed by atoms with Gasteiger partial charge in [-0.2, -0.15) is 0 Å². The first kappa shape index (κ1) is 16.5. The molecule has 3 rings (SSSR count). The van der Waals surface area contributed by atoms with Gasteiger partial charge in [-0.1, -0.05) is 23.8 Å². The normalized spacial score (nSPS) is 12.1. The average Bonchev–Trinajstić information content (AvgIpc) is 3.10. The third-order valence-corrected chi connectivity index (χ3v) is 3.91. The van der Waals surface area contributed by atoms with Crippen LogP contribution in [0.5, 0.6) is 0 Å². The fourth-order valence-electron chi connectivity index (χ4n) is 2.21. The Bertz CT molecular complexity index is 802. The summed E-state index contributed by atoms with van der Waals surface area (Å²) in [6, 6.07) is 15.5. The summed E-state index contributed by atoms with van der Waals surface area (Å²) in [6.07, 6.45) is -0.591. The fraction of sp³-hybridized carbons (Fsp3) is 0.222. The van der Waals surface area contributed by atoms with Crippen molar-refractivity contribution in [2.24, 2.45) is 0 Å². The predicted molar refractivity (Wildman–Crippen MR) is 95.1 cm³/mol. The van der Waals surface area contributed by atoms with Crippen LogP contribution < -0.4 is 5.32 Å². The van der Waals surface area contributed by atoms with Gasteiger partial charge in [0.2, 0.25) is 11.8 Å². The van der Waals surface area contributed by atoms with E-state index < -0.39 is 6.10 Å². The zero-order valence-corrected chi connectivity index (χ0v) is 14.0. The lowest BCUT2D eigenvalue weighted by molar-refractivity contribution is 0.211. The summed E-state index contributed by atoms with van der Waals surface area (Å²) in [6.45, 7) is 2.41. The topological polar surface area (TPSA) is 71.2 Å². The van der Waals surface area contributed by atoms with Crippen molar-refractivity contribution >= 4 is 17.3 Å². The molecule has 0 aliphatic rings. The second kappa shape index (κ2) is 7.47. The van der Waals surface area contributed by atoms with E-state index in [4.69, 9.17) is 16.0 Å². The second-order valence-corrected chi connectivity index (χ2v) is 5.86. The molecule has 1 atom stereocenters. The van der Waals surface area contributed by atoms with E-state index in [-0.39, 0.29) is 5.88 Å². The van der Waals surface area contributed by atoms with Gasteiger partial charge in [-0.3, -0.25) is 0 Å². The van der Waals surface area contributed by atoms with Crippen LogP contribution in [0.3, 0.4) is 0 Å². The molecular formula is C18H18ClN3O2. The Morgan fingerprint density at radius 2 is 1.79 bits per heavy atom. The van der Waals surface area contributed by atoms with Crippen molar-refractivity contribution in [3.05, 3.63) is 54.1 Å². The maximum atomic E-state index is 9.52. The summed E-state index contributed by atoms with van der Waals surface area (Å²) in [7, 11) is 0. The maximum absolute atomic E-state index is 9.52. The van der Waals surface area contributed by atoms with Crippen molar-refractivity contribution in [2.45, 2.75) is 13.0 Å². The van der Waals surface area contributed by atoms with E-state index in [1.165, 1.54) is 5.56 Å². The van der Waals surface area contributed by atoms with Crippen LogP contribution in [0, 0.1) is 6.92 Å². The van der Waals surface area contributed by atoms with E-state index in [0.717, 1.165) is 16.8 Å². The van der Waals surface area contributed by atoms with Crippen molar-refractivity contribution in [3.8, 4) is 22.9 Å².